The van der Waals surface area contributed by atoms with E-state index in [9.17, 15) is 14.4 Å². The van der Waals surface area contributed by atoms with Crippen LogP contribution in [0.15, 0.2) is 36.0 Å². The van der Waals surface area contributed by atoms with E-state index in [1.807, 2.05) is 12.1 Å². The molecule has 2 amide bonds. The van der Waals surface area contributed by atoms with Gasteiger partial charge < -0.3 is 15.0 Å². The maximum Gasteiger partial charge on any atom is 0.355 e. The minimum Gasteiger partial charge on any atom is -0.451 e. The number of hydrogen-bond acceptors (Lipinski definition) is 5. The monoisotopic (exact) mass is 329 g/mol. The van der Waals surface area contributed by atoms with Crippen molar-refractivity contribution in [1.29, 1.82) is 5.26 Å². The second-order valence-corrected chi connectivity index (χ2v) is 4.95. The Morgan fingerprint density at radius 2 is 1.96 bits per heavy atom. The first-order chi connectivity index (χ1) is 11.4. The van der Waals surface area contributed by atoms with Gasteiger partial charge in [-0.1, -0.05) is 30.3 Å². The van der Waals surface area contributed by atoms with Crippen molar-refractivity contribution >= 4 is 23.9 Å². The maximum atomic E-state index is 12.1. The van der Waals surface area contributed by atoms with Gasteiger partial charge in [-0.15, -0.1) is 0 Å². The predicted octanol–water partition coefficient (Wildman–Crippen LogP) is 1.08. The van der Waals surface area contributed by atoms with E-state index in [0.29, 0.717) is 5.56 Å². The summed E-state index contributed by atoms with van der Waals surface area (Å²) in [4.78, 5) is 36.4. The molecule has 0 heterocycles. The van der Waals surface area contributed by atoms with Gasteiger partial charge in [-0.3, -0.25) is 9.59 Å². The summed E-state index contributed by atoms with van der Waals surface area (Å²) >= 11 is 0. The molecule has 0 aliphatic carbocycles. The molecular weight excluding hydrogens is 310 g/mol. The molecule has 7 nitrogen and oxygen atoms in total. The molecule has 1 aromatic carbocycles. The Kier molecular flexibility index (Phi) is 7.71. The molecule has 1 rings (SSSR count). The number of benzene rings is 1. The highest BCUT2D eigenvalue weighted by atomic mass is 16.5. The number of carbonyl (C=O) groups is 3. The average molecular weight is 329 g/mol. The lowest BCUT2D eigenvalue weighted by molar-refractivity contribution is -0.148. The zero-order chi connectivity index (χ0) is 17.9. The Morgan fingerprint density at radius 1 is 1.29 bits per heavy atom. The van der Waals surface area contributed by atoms with Crippen molar-refractivity contribution in [2.24, 2.45) is 0 Å². The van der Waals surface area contributed by atoms with Crippen LogP contribution in [0.3, 0.4) is 0 Å². The van der Waals surface area contributed by atoms with Gasteiger partial charge in [0.05, 0.1) is 12.5 Å². The van der Waals surface area contributed by atoms with Crippen LogP contribution in [-0.2, 0) is 19.1 Å². The van der Waals surface area contributed by atoms with Crippen molar-refractivity contribution in [2.75, 3.05) is 20.2 Å². The fraction of sp³-hybridized carbons (Fsp3) is 0.294. The Morgan fingerprint density at radius 3 is 2.54 bits per heavy atom. The number of nitrogens with zero attached hydrogens (tertiary/aromatic N) is 2. The molecule has 0 aromatic heterocycles. The molecule has 0 atom stereocenters. The summed E-state index contributed by atoms with van der Waals surface area (Å²) in [5, 5.41) is 10.9. The maximum absolute atomic E-state index is 12.1. The smallest absolute Gasteiger partial charge is 0.355 e. The van der Waals surface area contributed by atoms with Crippen LogP contribution in [0.5, 0.6) is 0 Å². The lowest BCUT2D eigenvalue weighted by Gasteiger charge is -2.15. The van der Waals surface area contributed by atoms with E-state index in [0.717, 1.165) is 0 Å². The summed E-state index contributed by atoms with van der Waals surface area (Å²) in [6.45, 7) is 1.06. The average Bonchev–Trinajstić information content (AvgIpc) is 2.57. The molecule has 0 radical (unpaired) electrons. The van der Waals surface area contributed by atoms with E-state index in [1.165, 1.54) is 24.9 Å². The summed E-state index contributed by atoms with van der Waals surface area (Å²) in [6, 6.07) is 10.8. The number of nitrogens with one attached hydrogen (secondary N) is 1. The minimum absolute atomic E-state index is 0.0545. The number of esters is 1. The van der Waals surface area contributed by atoms with Gasteiger partial charge in [-0.05, 0) is 11.6 Å². The second kappa shape index (κ2) is 9.79. The summed E-state index contributed by atoms with van der Waals surface area (Å²) in [5.41, 5.74) is 0.650. The third kappa shape index (κ3) is 6.75. The molecule has 0 unspecified atom stereocenters. The molecule has 0 fully saturated rings. The largest absolute Gasteiger partial charge is 0.451 e. The second-order valence-electron chi connectivity index (χ2n) is 4.95. The molecule has 24 heavy (non-hydrogen) atoms. The van der Waals surface area contributed by atoms with Gasteiger partial charge in [-0.25, -0.2) is 4.79 Å². The fourth-order valence-corrected chi connectivity index (χ4v) is 1.71. The molecule has 0 saturated heterocycles. The highest BCUT2D eigenvalue weighted by molar-refractivity contribution is 5.98. The van der Waals surface area contributed by atoms with Crippen LogP contribution in [0.25, 0.3) is 6.08 Å². The summed E-state index contributed by atoms with van der Waals surface area (Å²) in [7, 11) is 1.52. The van der Waals surface area contributed by atoms with E-state index >= 15 is 0 Å². The molecule has 1 aromatic rings. The third-order valence-electron chi connectivity index (χ3n) is 2.95. The van der Waals surface area contributed by atoms with Crippen molar-refractivity contribution in [3.8, 4) is 6.07 Å². The van der Waals surface area contributed by atoms with Gasteiger partial charge in [0.2, 0.25) is 5.91 Å². The van der Waals surface area contributed by atoms with Crippen LogP contribution >= 0.6 is 0 Å². The molecule has 0 aliphatic heterocycles. The quantitative estimate of drug-likeness (QED) is 0.596. The Bertz CT molecular complexity index is 662. The standard InChI is InChI=1S/C17H19N3O4/c1-13(21)19-15(11-14-7-4-3-5-8-14)17(23)24-12-16(22)20(2)10-6-9-18/h3-5,7-8,11H,6,10,12H2,1-2H3,(H,19,21)/b15-11-. The van der Waals surface area contributed by atoms with Crippen LogP contribution in [-0.4, -0.2) is 42.9 Å². The molecule has 7 heteroatoms. The number of amides is 2. The van der Waals surface area contributed by atoms with Crippen LogP contribution in [0.4, 0.5) is 0 Å². The number of nitriles is 1. The number of ether oxygens (including phenoxy) is 1. The molecule has 0 spiro atoms. The van der Waals surface area contributed by atoms with Gasteiger partial charge in [-0.2, -0.15) is 5.26 Å². The zero-order valence-electron chi connectivity index (χ0n) is 13.6. The molecule has 0 aliphatic rings. The van der Waals surface area contributed by atoms with Crippen LogP contribution in [0, 0.1) is 11.3 Å². The third-order valence-corrected chi connectivity index (χ3v) is 2.95. The predicted molar refractivity (Wildman–Crippen MR) is 87.1 cm³/mol. The highest BCUT2D eigenvalue weighted by Crippen LogP contribution is 2.06. The van der Waals surface area contributed by atoms with E-state index in [1.54, 1.807) is 24.3 Å². The molecule has 1 N–H and O–H groups in total. The number of likely N-dealkylation sites (N-methyl/N-ethyl adjacent to an activating group) is 1. The van der Waals surface area contributed by atoms with Gasteiger partial charge in [0.1, 0.15) is 5.70 Å². The molecular formula is C17H19N3O4. The first kappa shape index (κ1) is 18.9. The van der Waals surface area contributed by atoms with Gasteiger partial charge in [0, 0.05) is 20.5 Å². The van der Waals surface area contributed by atoms with Crippen molar-refractivity contribution in [2.45, 2.75) is 13.3 Å². The number of rotatable bonds is 7. The SMILES string of the molecule is CC(=O)N/C(=C\c1ccccc1)C(=O)OCC(=O)N(C)CCC#N. The zero-order valence-corrected chi connectivity index (χ0v) is 13.6. The lowest BCUT2D eigenvalue weighted by Crippen LogP contribution is -2.33. The van der Waals surface area contributed by atoms with E-state index in [2.05, 4.69) is 5.32 Å². The molecule has 0 saturated carbocycles. The Hall–Kier alpha value is -3.14. The molecule has 0 bridgehead atoms. The summed E-state index contributed by atoms with van der Waals surface area (Å²) in [6.07, 6.45) is 1.66. The first-order valence-corrected chi connectivity index (χ1v) is 7.26. The van der Waals surface area contributed by atoms with Crippen molar-refractivity contribution in [3.63, 3.8) is 0 Å². The number of hydrogen-bond donors (Lipinski definition) is 1. The van der Waals surface area contributed by atoms with Crippen LogP contribution in [0.1, 0.15) is 18.9 Å². The Balaban J connectivity index is 2.72. The van der Waals surface area contributed by atoms with E-state index in [4.69, 9.17) is 10.00 Å². The fourth-order valence-electron chi connectivity index (χ4n) is 1.71. The van der Waals surface area contributed by atoms with Gasteiger partial charge in [0.25, 0.3) is 5.91 Å². The van der Waals surface area contributed by atoms with Crippen LogP contribution < -0.4 is 5.32 Å². The summed E-state index contributed by atoms with van der Waals surface area (Å²) < 4.78 is 4.94. The minimum atomic E-state index is -0.809. The number of carbonyl (C=O) groups excluding carboxylic acids is 3. The van der Waals surface area contributed by atoms with Gasteiger partial charge in [0.15, 0.2) is 6.61 Å². The topological polar surface area (TPSA) is 99.5 Å². The highest BCUT2D eigenvalue weighted by Gasteiger charge is 2.16. The van der Waals surface area contributed by atoms with Crippen molar-refractivity contribution < 1.29 is 19.1 Å². The normalized spacial score (nSPS) is 10.5. The van der Waals surface area contributed by atoms with Crippen molar-refractivity contribution in [1.82, 2.24) is 10.2 Å². The Labute approximate surface area is 140 Å². The van der Waals surface area contributed by atoms with Crippen LogP contribution in [0.2, 0.25) is 0 Å². The first-order valence-electron chi connectivity index (χ1n) is 7.26. The summed E-state index contributed by atoms with van der Waals surface area (Å²) in [5.74, 6) is -1.66. The van der Waals surface area contributed by atoms with Gasteiger partial charge >= 0.3 is 5.97 Å². The molecule has 126 valence electrons. The van der Waals surface area contributed by atoms with E-state index < -0.39 is 24.4 Å². The van der Waals surface area contributed by atoms with Crippen molar-refractivity contribution in [3.05, 3.63) is 41.6 Å². The lowest BCUT2D eigenvalue weighted by atomic mass is 10.2. The van der Waals surface area contributed by atoms with E-state index in [-0.39, 0.29) is 18.7 Å².